The number of hydrogen-bond acceptors (Lipinski definition) is 3. The molecule has 1 amide bonds. The van der Waals surface area contributed by atoms with Gasteiger partial charge in [-0.3, -0.25) is 4.79 Å². The molecule has 3 rings (SSSR count). The molecule has 2 aromatic heterocycles. The van der Waals surface area contributed by atoms with Crippen LogP contribution < -0.4 is 5.32 Å². The number of nitrogens with zero attached hydrogens (tertiary/aromatic N) is 2. The third kappa shape index (κ3) is 3.99. The Bertz CT molecular complexity index is 1090. The summed E-state index contributed by atoms with van der Waals surface area (Å²) in [6.07, 6.45) is 3.09. The molecule has 28 heavy (non-hydrogen) atoms. The molecule has 0 fully saturated rings. The number of carbonyl (C=O) groups is 1. The first-order valence-corrected chi connectivity index (χ1v) is 9.23. The number of nitriles is 1. The summed E-state index contributed by atoms with van der Waals surface area (Å²) in [5.74, 6) is 0.143. The number of halogens is 2. The van der Waals surface area contributed by atoms with Crippen LogP contribution in [0.15, 0.2) is 52.7 Å². The molecule has 5 nitrogen and oxygen atoms in total. The summed E-state index contributed by atoms with van der Waals surface area (Å²) in [6, 6.07) is 12.7. The second-order valence-corrected chi connectivity index (χ2v) is 6.95. The molecular formula is C21H17Cl2N3O2. The summed E-state index contributed by atoms with van der Waals surface area (Å²) in [5, 5.41) is 13.0. The third-order valence-corrected chi connectivity index (χ3v) is 5.12. The molecule has 1 aromatic carbocycles. The van der Waals surface area contributed by atoms with Gasteiger partial charge in [0.2, 0.25) is 0 Å². The molecule has 0 spiro atoms. The lowest BCUT2D eigenvalue weighted by molar-refractivity contribution is -0.117. The highest BCUT2D eigenvalue weighted by Crippen LogP contribution is 2.32. The fraction of sp³-hybridized carbons (Fsp3) is 0.143. The highest BCUT2D eigenvalue weighted by Gasteiger charge is 2.16. The van der Waals surface area contributed by atoms with Crippen molar-refractivity contribution < 1.29 is 9.21 Å². The lowest BCUT2D eigenvalue weighted by Crippen LogP contribution is -2.23. The average Bonchev–Trinajstić information content (AvgIpc) is 3.28. The maximum Gasteiger partial charge on any atom is 0.262 e. The van der Waals surface area contributed by atoms with Crippen LogP contribution in [-0.4, -0.2) is 10.5 Å². The highest BCUT2D eigenvalue weighted by molar-refractivity contribution is 6.43. The van der Waals surface area contributed by atoms with Gasteiger partial charge in [0.1, 0.15) is 17.4 Å². The van der Waals surface area contributed by atoms with Crippen LogP contribution in [-0.2, 0) is 11.3 Å². The quantitative estimate of drug-likeness (QED) is 0.460. The number of benzene rings is 1. The normalized spacial score (nSPS) is 11.3. The van der Waals surface area contributed by atoms with Crippen molar-refractivity contribution in [2.75, 3.05) is 0 Å². The lowest BCUT2D eigenvalue weighted by Gasteiger charge is -2.12. The summed E-state index contributed by atoms with van der Waals surface area (Å²) < 4.78 is 7.12. The van der Waals surface area contributed by atoms with E-state index in [1.54, 1.807) is 24.3 Å². The smallest absolute Gasteiger partial charge is 0.262 e. The van der Waals surface area contributed by atoms with Gasteiger partial charge in [0, 0.05) is 11.4 Å². The van der Waals surface area contributed by atoms with Gasteiger partial charge in [-0.1, -0.05) is 29.3 Å². The minimum absolute atomic E-state index is 0.00370. The van der Waals surface area contributed by atoms with Gasteiger partial charge in [-0.2, -0.15) is 5.26 Å². The Kier molecular flexibility index (Phi) is 5.93. The van der Waals surface area contributed by atoms with E-state index in [9.17, 15) is 10.1 Å². The van der Waals surface area contributed by atoms with E-state index in [0.717, 1.165) is 22.6 Å². The van der Waals surface area contributed by atoms with E-state index in [4.69, 9.17) is 27.6 Å². The molecule has 2 heterocycles. The van der Waals surface area contributed by atoms with Gasteiger partial charge in [-0.25, -0.2) is 0 Å². The Balaban J connectivity index is 1.91. The zero-order valence-corrected chi connectivity index (χ0v) is 16.8. The number of nitrogens with one attached hydrogen (secondary N) is 1. The van der Waals surface area contributed by atoms with Gasteiger partial charge in [0.15, 0.2) is 0 Å². The van der Waals surface area contributed by atoms with Crippen molar-refractivity contribution in [1.29, 1.82) is 5.26 Å². The minimum Gasteiger partial charge on any atom is -0.467 e. The van der Waals surface area contributed by atoms with Crippen LogP contribution >= 0.6 is 23.2 Å². The van der Waals surface area contributed by atoms with Crippen molar-refractivity contribution in [3.8, 4) is 11.8 Å². The molecular weight excluding hydrogens is 397 g/mol. The molecule has 0 atom stereocenters. The van der Waals surface area contributed by atoms with Crippen molar-refractivity contribution >= 4 is 35.2 Å². The van der Waals surface area contributed by atoms with Crippen LogP contribution in [0.4, 0.5) is 0 Å². The van der Waals surface area contributed by atoms with E-state index < -0.39 is 5.91 Å². The molecule has 0 saturated heterocycles. The molecule has 0 aliphatic heterocycles. The fourth-order valence-corrected chi connectivity index (χ4v) is 3.33. The zero-order valence-electron chi connectivity index (χ0n) is 15.3. The van der Waals surface area contributed by atoms with Gasteiger partial charge >= 0.3 is 0 Å². The largest absolute Gasteiger partial charge is 0.467 e. The number of hydrogen-bond donors (Lipinski definition) is 1. The predicted molar refractivity (Wildman–Crippen MR) is 109 cm³/mol. The summed E-state index contributed by atoms with van der Waals surface area (Å²) in [7, 11) is 0. The number of furan rings is 1. The number of rotatable bonds is 5. The molecule has 142 valence electrons. The fourth-order valence-electron chi connectivity index (χ4n) is 2.95. The van der Waals surface area contributed by atoms with E-state index in [-0.39, 0.29) is 12.1 Å². The van der Waals surface area contributed by atoms with E-state index in [2.05, 4.69) is 5.32 Å². The van der Waals surface area contributed by atoms with Gasteiger partial charge in [0.25, 0.3) is 5.91 Å². The molecule has 0 aliphatic carbocycles. The third-order valence-electron chi connectivity index (χ3n) is 4.31. The van der Waals surface area contributed by atoms with Gasteiger partial charge in [0.05, 0.1) is 28.5 Å². The average molecular weight is 414 g/mol. The van der Waals surface area contributed by atoms with E-state index in [0.29, 0.717) is 15.8 Å². The number of carbonyl (C=O) groups excluding carboxylic acids is 1. The first kappa shape index (κ1) is 19.8. The highest BCUT2D eigenvalue weighted by atomic mass is 35.5. The maximum atomic E-state index is 12.4. The van der Waals surface area contributed by atoms with Crippen molar-refractivity contribution in [1.82, 2.24) is 9.88 Å². The Labute approximate surface area is 172 Å². The number of amides is 1. The van der Waals surface area contributed by atoms with Crippen molar-refractivity contribution in [2.45, 2.75) is 20.4 Å². The van der Waals surface area contributed by atoms with Crippen LogP contribution in [0.5, 0.6) is 0 Å². The van der Waals surface area contributed by atoms with E-state index >= 15 is 0 Å². The monoisotopic (exact) mass is 413 g/mol. The van der Waals surface area contributed by atoms with Crippen LogP contribution in [0, 0.1) is 25.2 Å². The molecule has 7 heteroatoms. The van der Waals surface area contributed by atoms with Crippen LogP contribution in [0.3, 0.4) is 0 Å². The van der Waals surface area contributed by atoms with E-state index in [1.807, 2.05) is 42.7 Å². The summed E-state index contributed by atoms with van der Waals surface area (Å²) >= 11 is 12.5. The Morgan fingerprint density at radius 1 is 1.29 bits per heavy atom. The van der Waals surface area contributed by atoms with Gasteiger partial charge < -0.3 is 14.3 Å². The molecule has 3 aromatic rings. The van der Waals surface area contributed by atoms with Crippen LogP contribution in [0.2, 0.25) is 10.0 Å². The lowest BCUT2D eigenvalue weighted by atomic mass is 10.1. The Morgan fingerprint density at radius 2 is 2.07 bits per heavy atom. The molecule has 0 aliphatic rings. The first-order valence-electron chi connectivity index (χ1n) is 8.48. The number of aromatic nitrogens is 1. The van der Waals surface area contributed by atoms with Crippen LogP contribution in [0.25, 0.3) is 11.8 Å². The first-order chi connectivity index (χ1) is 13.4. The molecule has 0 saturated carbocycles. The minimum atomic E-state index is -0.468. The second-order valence-electron chi connectivity index (χ2n) is 6.17. The zero-order chi connectivity index (χ0) is 20.3. The van der Waals surface area contributed by atoms with Gasteiger partial charge in [-0.15, -0.1) is 0 Å². The standard InChI is InChI=1S/C21H17Cl2N3O2/c1-13-9-15(14(2)26(13)19-7-3-6-18(22)20(19)23)10-16(11-24)21(27)25-12-17-5-4-8-28-17/h3-10H,12H2,1-2H3,(H,25,27)/b16-10-. The topological polar surface area (TPSA) is 71.0 Å². The summed E-state index contributed by atoms with van der Waals surface area (Å²) in [6.45, 7) is 4.03. The molecule has 0 unspecified atom stereocenters. The van der Waals surface area contributed by atoms with Gasteiger partial charge in [-0.05, 0) is 55.8 Å². The van der Waals surface area contributed by atoms with Crippen LogP contribution in [0.1, 0.15) is 22.7 Å². The Hall–Kier alpha value is -2.94. The maximum absolute atomic E-state index is 12.4. The van der Waals surface area contributed by atoms with Crippen molar-refractivity contribution in [3.05, 3.63) is 81.0 Å². The van der Waals surface area contributed by atoms with Crippen molar-refractivity contribution in [2.24, 2.45) is 0 Å². The predicted octanol–water partition coefficient (Wildman–Crippen LogP) is 5.22. The Morgan fingerprint density at radius 3 is 2.75 bits per heavy atom. The summed E-state index contributed by atoms with van der Waals surface area (Å²) in [5.41, 5.74) is 3.24. The molecule has 0 bridgehead atoms. The number of aryl methyl sites for hydroxylation is 1. The second kappa shape index (κ2) is 8.39. The van der Waals surface area contributed by atoms with E-state index in [1.165, 1.54) is 6.26 Å². The summed E-state index contributed by atoms with van der Waals surface area (Å²) in [4.78, 5) is 12.4. The molecule has 1 N–H and O–H groups in total. The molecule has 0 radical (unpaired) electrons. The van der Waals surface area contributed by atoms with Crippen molar-refractivity contribution in [3.63, 3.8) is 0 Å². The SMILES string of the molecule is Cc1cc(/C=C(/C#N)C(=O)NCc2ccco2)c(C)n1-c1cccc(Cl)c1Cl.